The van der Waals surface area contributed by atoms with Gasteiger partial charge in [-0.15, -0.1) is 0 Å². The summed E-state index contributed by atoms with van der Waals surface area (Å²) in [4.78, 5) is 14.7. The van der Waals surface area contributed by atoms with Crippen molar-refractivity contribution >= 4 is 11.8 Å². The molecule has 1 aromatic rings. The fourth-order valence-electron chi connectivity index (χ4n) is 3.04. The largest absolute Gasteiger partial charge is 0.381 e. The lowest BCUT2D eigenvalue weighted by atomic mass is 9.92. The van der Waals surface area contributed by atoms with Crippen LogP contribution >= 0.6 is 0 Å². The van der Waals surface area contributed by atoms with Gasteiger partial charge in [0.15, 0.2) is 0 Å². The van der Waals surface area contributed by atoms with Crippen LogP contribution < -0.4 is 5.32 Å². The average Bonchev–Trinajstić information content (AvgIpc) is 2.87. The molecule has 1 aromatic heterocycles. The van der Waals surface area contributed by atoms with Crippen molar-refractivity contribution in [2.24, 2.45) is 0 Å². The molecule has 3 rings (SSSR count). The molecule has 2 aliphatic rings. The Balaban J connectivity index is 1.58. The van der Waals surface area contributed by atoms with Crippen molar-refractivity contribution in [1.29, 1.82) is 0 Å². The number of nitrogens with zero attached hydrogens (tertiary/aromatic N) is 2. The highest BCUT2D eigenvalue weighted by atomic mass is 16.5. The van der Waals surface area contributed by atoms with Crippen molar-refractivity contribution in [3.63, 3.8) is 0 Å². The van der Waals surface area contributed by atoms with E-state index in [4.69, 9.17) is 9.26 Å². The molecule has 1 N–H and O–H groups in total. The number of hydrogen-bond donors (Lipinski definition) is 1. The summed E-state index contributed by atoms with van der Waals surface area (Å²) >= 11 is 0. The monoisotopic (exact) mass is 307 g/mol. The first kappa shape index (κ1) is 15.5. The zero-order chi connectivity index (χ0) is 15.7. The average molecular weight is 307 g/mol. The molecule has 0 saturated carbocycles. The Morgan fingerprint density at radius 2 is 2.05 bits per heavy atom. The molecular formula is C16H25N3O3. The smallest absolute Gasteiger partial charge is 0.244 e. The van der Waals surface area contributed by atoms with Crippen LogP contribution in [-0.4, -0.2) is 47.8 Å². The lowest BCUT2D eigenvalue weighted by Gasteiger charge is -2.46. The standard InChI is InChI=1S/C16H25N3O3/c1-16(2,3)13-10-14(22-18-13)17-15(20)12-4-7-19(12)11-5-8-21-9-6-11/h10-12H,4-9H2,1-3H3,(H,17,20). The lowest BCUT2D eigenvalue weighted by molar-refractivity contribution is -0.129. The van der Waals surface area contributed by atoms with Gasteiger partial charge in [-0.3, -0.25) is 15.0 Å². The summed E-state index contributed by atoms with van der Waals surface area (Å²) in [6, 6.07) is 2.24. The second-order valence-electron chi connectivity index (χ2n) is 7.20. The maximum Gasteiger partial charge on any atom is 0.244 e. The third-order valence-corrected chi connectivity index (χ3v) is 4.55. The number of rotatable bonds is 3. The van der Waals surface area contributed by atoms with Gasteiger partial charge >= 0.3 is 0 Å². The predicted molar refractivity (Wildman–Crippen MR) is 82.8 cm³/mol. The van der Waals surface area contributed by atoms with E-state index >= 15 is 0 Å². The summed E-state index contributed by atoms with van der Waals surface area (Å²) in [5.74, 6) is 0.447. The molecule has 22 heavy (non-hydrogen) atoms. The minimum absolute atomic E-state index is 0.00866. The predicted octanol–water partition coefficient (Wildman–Crippen LogP) is 2.16. The number of carbonyl (C=O) groups excluding carboxylic acids is 1. The number of carbonyl (C=O) groups is 1. The molecule has 0 aliphatic carbocycles. The molecular weight excluding hydrogens is 282 g/mol. The highest BCUT2D eigenvalue weighted by Gasteiger charge is 2.39. The van der Waals surface area contributed by atoms with Gasteiger partial charge in [-0.1, -0.05) is 25.9 Å². The second kappa shape index (κ2) is 6.01. The SMILES string of the molecule is CC(C)(C)c1cc(NC(=O)C2CCN2C2CCOCC2)on1. The van der Waals surface area contributed by atoms with E-state index in [2.05, 4.69) is 36.1 Å². The lowest BCUT2D eigenvalue weighted by Crippen LogP contribution is -2.59. The number of amides is 1. The molecule has 6 heteroatoms. The summed E-state index contributed by atoms with van der Waals surface area (Å²) in [5.41, 5.74) is 0.759. The van der Waals surface area contributed by atoms with E-state index in [1.165, 1.54) is 0 Å². The Labute approximate surface area is 131 Å². The quantitative estimate of drug-likeness (QED) is 0.927. The Morgan fingerprint density at radius 3 is 2.59 bits per heavy atom. The minimum Gasteiger partial charge on any atom is -0.381 e. The van der Waals surface area contributed by atoms with E-state index < -0.39 is 0 Å². The zero-order valence-corrected chi connectivity index (χ0v) is 13.6. The van der Waals surface area contributed by atoms with Crippen molar-refractivity contribution in [3.8, 4) is 0 Å². The normalized spacial score (nSPS) is 24.0. The number of aromatic nitrogens is 1. The van der Waals surface area contributed by atoms with E-state index in [1.54, 1.807) is 0 Å². The van der Waals surface area contributed by atoms with Gasteiger partial charge in [0.05, 0.1) is 11.7 Å². The Bertz CT molecular complexity index is 529. The van der Waals surface area contributed by atoms with E-state index in [-0.39, 0.29) is 17.4 Å². The van der Waals surface area contributed by atoms with Crippen LogP contribution in [0.4, 0.5) is 5.88 Å². The highest BCUT2D eigenvalue weighted by molar-refractivity contribution is 5.94. The molecule has 0 aromatic carbocycles. The number of likely N-dealkylation sites (tertiary alicyclic amines) is 1. The molecule has 2 saturated heterocycles. The topological polar surface area (TPSA) is 67.6 Å². The molecule has 2 fully saturated rings. The van der Waals surface area contributed by atoms with Crippen LogP contribution in [0.25, 0.3) is 0 Å². The van der Waals surface area contributed by atoms with Crippen molar-refractivity contribution in [2.75, 3.05) is 25.1 Å². The van der Waals surface area contributed by atoms with E-state index in [0.29, 0.717) is 11.9 Å². The van der Waals surface area contributed by atoms with Gasteiger partial charge in [-0.25, -0.2) is 0 Å². The number of hydrogen-bond acceptors (Lipinski definition) is 5. The maximum absolute atomic E-state index is 12.4. The zero-order valence-electron chi connectivity index (χ0n) is 13.6. The second-order valence-corrected chi connectivity index (χ2v) is 7.20. The molecule has 6 nitrogen and oxygen atoms in total. The van der Waals surface area contributed by atoms with Crippen molar-refractivity contribution in [2.45, 2.75) is 57.5 Å². The Hall–Kier alpha value is -1.40. The van der Waals surface area contributed by atoms with Gasteiger partial charge in [0.25, 0.3) is 0 Å². The van der Waals surface area contributed by atoms with Crippen LogP contribution in [0, 0.1) is 0 Å². The van der Waals surface area contributed by atoms with Crippen LogP contribution in [0.15, 0.2) is 10.6 Å². The third-order valence-electron chi connectivity index (χ3n) is 4.55. The van der Waals surface area contributed by atoms with Crippen molar-refractivity contribution in [1.82, 2.24) is 10.1 Å². The maximum atomic E-state index is 12.4. The van der Waals surface area contributed by atoms with E-state index in [9.17, 15) is 4.79 Å². The summed E-state index contributed by atoms with van der Waals surface area (Å²) in [7, 11) is 0. The van der Waals surface area contributed by atoms with Gasteiger partial charge in [0, 0.05) is 37.3 Å². The van der Waals surface area contributed by atoms with Gasteiger partial charge in [0.2, 0.25) is 11.8 Å². The number of ether oxygens (including phenoxy) is 1. The molecule has 0 bridgehead atoms. The van der Waals surface area contributed by atoms with E-state index in [1.807, 2.05) is 6.07 Å². The minimum atomic E-state index is -0.0862. The van der Waals surface area contributed by atoms with Crippen LogP contribution in [0.2, 0.25) is 0 Å². The van der Waals surface area contributed by atoms with Crippen molar-refractivity contribution < 1.29 is 14.1 Å². The first-order valence-corrected chi connectivity index (χ1v) is 8.07. The van der Waals surface area contributed by atoms with Crippen LogP contribution in [0.5, 0.6) is 0 Å². The summed E-state index contributed by atoms with van der Waals surface area (Å²) in [5, 5.41) is 6.90. The first-order chi connectivity index (χ1) is 10.4. The molecule has 0 spiro atoms. The molecule has 2 aliphatic heterocycles. The van der Waals surface area contributed by atoms with E-state index in [0.717, 1.165) is 44.7 Å². The van der Waals surface area contributed by atoms with Gasteiger partial charge in [0.1, 0.15) is 0 Å². The first-order valence-electron chi connectivity index (χ1n) is 8.07. The van der Waals surface area contributed by atoms with Gasteiger partial charge < -0.3 is 9.26 Å². The molecule has 0 radical (unpaired) electrons. The summed E-state index contributed by atoms with van der Waals surface area (Å²) in [6.07, 6.45) is 2.93. The molecule has 3 heterocycles. The van der Waals surface area contributed by atoms with Crippen molar-refractivity contribution in [3.05, 3.63) is 11.8 Å². The van der Waals surface area contributed by atoms with Gasteiger partial charge in [-0.2, -0.15) is 0 Å². The van der Waals surface area contributed by atoms with Crippen LogP contribution in [0.1, 0.15) is 45.7 Å². The third kappa shape index (κ3) is 3.17. The summed E-state index contributed by atoms with van der Waals surface area (Å²) in [6.45, 7) is 8.78. The Kier molecular flexibility index (Phi) is 4.23. The van der Waals surface area contributed by atoms with Crippen LogP contribution in [-0.2, 0) is 14.9 Å². The molecule has 1 unspecified atom stereocenters. The molecule has 1 amide bonds. The number of nitrogens with one attached hydrogen (secondary N) is 1. The van der Waals surface area contributed by atoms with Crippen LogP contribution in [0.3, 0.4) is 0 Å². The molecule has 122 valence electrons. The molecule has 1 atom stereocenters. The fraction of sp³-hybridized carbons (Fsp3) is 0.750. The summed E-state index contributed by atoms with van der Waals surface area (Å²) < 4.78 is 10.6. The Morgan fingerprint density at radius 1 is 1.32 bits per heavy atom. The highest BCUT2D eigenvalue weighted by Crippen LogP contribution is 2.28. The number of anilines is 1. The fourth-order valence-corrected chi connectivity index (χ4v) is 3.04. The van der Waals surface area contributed by atoms with Gasteiger partial charge in [-0.05, 0) is 19.3 Å².